The number of amides is 1. The molecular weight excluding hydrogens is 234 g/mol. The minimum absolute atomic E-state index is 0.248. The van der Waals surface area contributed by atoms with Gasteiger partial charge in [-0.3, -0.25) is 9.20 Å². The molecule has 0 N–H and O–H groups in total. The second-order valence-electron chi connectivity index (χ2n) is 4.43. The maximum Gasteiger partial charge on any atom is 0.228 e. The van der Waals surface area contributed by atoms with Crippen LogP contribution in [0.25, 0.3) is 4.96 Å². The summed E-state index contributed by atoms with van der Waals surface area (Å²) >= 11 is 1.59. The van der Waals surface area contributed by atoms with Crippen LogP contribution >= 0.6 is 11.3 Å². The Bertz CT molecular complexity index is 525. The van der Waals surface area contributed by atoms with Crippen LogP contribution in [0.1, 0.15) is 25.0 Å². The van der Waals surface area contributed by atoms with Crippen LogP contribution in [0.4, 0.5) is 0 Å². The van der Waals surface area contributed by atoms with Crippen molar-refractivity contribution < 1.29 is 4.79 Å². The monoisotopic (exact) mass is 249 g/mol. The molecule has 5 heteroatoms. The normalized spacial score (nSPS) is 16.6. The van der Waals surface area contributed by atoms with Gasteiger partial charge in [-0.05, 0) is 19.3 Å². The Kier molecular flexibility index (Phi) is 2.84. The maximum atomic E-state index is 12.1. The molecule has 1 aliphatic rings. The van der Waals surface area contributed by atoms with E-state index in [1.807, 2.05) is 20.9 Å². The highest BCUT2D eigenvalue weighted by molar-refractivity contribution is 7.15. The van der Waals surface area contributed by atoms with Gasteiger partial charge in [-0.25, -0.2) is 4.98 Å². The lowest BCUT2D eigenvalue weighted by Crippen LogP contribution is -2.36. The Labute approximate surface area is 104 Å². The molecule has 0 saturated carbocycles. The van der Waals surface area contributed by atoms with Gasteiger partial charge in [0.05, 0.1) is 6.42 Å². The molecule has 1 saturated heterocycles. The molecule has 2 aromatic rings. The molecule has 0 bridgehead atoms. The summed E-state index contributed by atoms with van der Waals surface area (Å²) in [6.07, 6.45) is 7.75. The van der Waals surface area contributed by atoms with Gasteiger partial charge in [0, 0.05) is 36.6 Å². The molecule has 1 amide bonds. The summed E-state index contributed by atoms with van der Waals surface area (Å²) in [5.41, 5.74) is 1.05. The van der Waals surface area contributed by atoms with Crippen molar-refractivity contribution in [2.75, 3.05) is 13.1 Å². The van der Waals surface area contributed by atoms with E-state index in [-0.39, 0.29) is 5.91 Å². The van der Waals surface area contributed by atoms with Crippen LogP contribution in [0.3, 0.4) is 0 Å². The smallest absolute Gasteiger partial charge is 0.228 e. The fourth-order valence-corrected chi connectivity index (χ4v) is 3.16. The number of rotatable bonds is 2. The second-order valence-corrected chi connectivity index (χ2v) is 5.26. The lowest BCUT2D eigenvalue weighted by atomic mass is 10.1. The quantitative estimate of drug-likeness (QED) is 0.816. The lowest BCUT2D eigenvalue weighted by molar-refractivity contribution is -0.131. The molecule has 2 aromatic heterocycles. The summed E-state index contributed by atoms with van der Waals surface area (Å²) in [5.74, 6) is 0.248. The zero-order chi connectivity index (χ0) is 11.7. The van der Waals surface area contributed by atoms with Gasteiger partial charge in [0.15, 0.2) is 4.96 Å². The van der Waals surface area contributed by atoms with E-state index in [1.54, 1.807) is 17.5 Å². The maximum absolute atomic E-state index is 12.1. The van der Waals surface area contributed by atoms with Crippen LogP contribution in [0.15, 0.2) is 17.8 Å². The number of fused-ring (bicyclic) bond motifs is 1. The first-order valence-corrected chi connectivity index (χ1v) is 6.90. The molecule has 17 heavy (non-hydrogen) atoms. The van der Waals surface area contributed by atoms with E-state index in [2.05, 4.69) is 4.98 Å². The summed E-state index contributed by atoms with van der Waals surface area (Å²) < 4.78 is 2.01. The largest absolute Gasteiger partial charge is 0.342 e. The number of carbonyl (C=O) groups is 1. The third-order valence-corrected chi connectivity index (χ3v) is 4.16. The Balaban J connectivity index is 1.74. The Morgan fingerprint density at radius 2 is 2.18 bits per heavy atom. The van der Waals surface area contributed by atoms with Gasteiger partial charge in [-0.15, -0.1) is 11.3 Å². The number of hydrogen-bond acceptors (Lipinski definition) is 3. The van der Waals surface area contributed by atoms with Crippen LogP contribution in [0.2, 0.25) is 0 Å². The van der Waals surface area contributed by atoms with Crippen LogP contribution in [-0.4, -0.2) is 33.3 Å². The fraction of sp³-hybridized carbons (Fsp3) is 0.500. The molecule has 4 nitrogen and oxygen atoms in total. The summed E-state index contributed by atoms with van der Waals surface area (Å²) in [6, 6.07) is 0. The van der Waals surface area contributed by atoms with Crippen molar-refractivity contribution in [3.63, 3.8) is 0 Å². The predicted molar refractivity (Wildman–Crippen MR) is 67.2 cm³/mol. The molecule has 1 fully saturated rings. The van der Waals surface area contributed by atoms with Crippen LogP contribution in [0.5, 0.6) is 0 Å². The summed E-state index contributed by atoms with van der Waals surface area (Å²) in [7, 11) is 0. The summed E-state index contributed by atoms with van der Waals surface area (Å²) in [6.45, 7) is 1.85. The van der Waals surface area contributed by atoms with Gasteiger partial charge in [0.25, 0.3) is 0 Å². The van der Waals surface area contributed by atoms with Crippen molar-refractivity contribution >= 4 is 22.2 Å². The zero-order valence-corrected chi connectivity index (χ0v) is 10.4. The Hall–Kier alpha value is -1.36. The van der Waals surface area contributed by atoms with Gasteiger partial charge in [-0.2, -0.15) is 0 Å². The van der Waals surface area contributed by atoms with Crippen LogP contribution < -0.4 is 0 Å². The van der Waals surface area contributed by atoms with E-state index in [1.165, 1.54) is 6.42 Å². The molecule has 1 aliphatic heterocycles. The van der Waals surface area contributed by atoms with Crippen molar-refractivity contribution in [1.82, 2.24) is 14.3 Å². The second kappa shape index (κ2) is 4.49. The highest BCUT2D eigenvalue weighted by Crippen LogP contribution is 2.17. The Morgan fingerprint density at radius 1 is 1.35 bits per heavy atom. The third-order valence-electron chi connectivity index (χ3n) is 3.26. The van der Waals surface area contributed by atoms with Crippen molar-refractivity contribution in [2.24, 2.45) is 0 Å². The molecule has 90 valence electrons. The molecule has 3 rings (SSSR count). The summed E-state index contributed by atoms with van der Waals surface area (Å²) in [4.78, 5) is 19.3. The van der Waals surface area contributed by atoms with E-state index in [0.29, 0.717) is 6.42 Å². The highest BCUT2D eigenvalue weighted by Gasteiger charge is 2.18. The minimum Gasteiger partial charge on any atom is -0.342 e. The number of carbonyl (C=O) groups excluding carboxylic acids is 1. The molecule has 0 aromatic carbocycles. The Morgan fingerprint density at radius 3 is 3.00 bits per heavy atom. The first-order valence-electron chi connectivity index (χ1n) is 6.02. The average Bonchev–Trinajstić information content (AvgIpc) is 2.95. The lowest BCUT2D eigenvalue weighted by Gasteiger charge is -2.26. The van der Waals surface area contributed by atoms with Crippen molar-refractivity contribution in [3.05, 3.63) is 23.5 Å². The predicted octanol–water partition coefficient (Wildman–Crippen LogP) is 1.95. The van der Waals surface area contributed by atoms with Crippen LogP contribution in [-0.2, 0) is 11.2 Å². The number of imidazole rings is 1. The number of piperidine rings is 1. The molecule has 0 atom stereocenters. The number of aromatic nitrogens is 2. The van der Waals surface area contributed by atoms with E-state index >= 15 is 0 Å². The number of hydrogen-bond donors (Lipinski definition) is 0. The van der Waals surface area contributed by atoms with E-state index in [4.69, 9.17) is 0 Å². The first-order chi connectivity index (χ1) is 8.34. The van der Waals surface area contributed by atoms with Crippen LogP contribution in [0, 0.1) is 0 Å². The number of likely N-dealkylation sites (tertiary alicyclic amines) is 1. The van der Waals surface area contributed by atoms with Gasteiger partial charge in [0.1, 0.15) is 0 Å². The van der Waals surface area contributed by atoms with Gasteiger partial charge in [-0.1, -0.05) is 0 Å². The zero-order valence-electron chi connectivity index (χ0n) is 9.63. The molecule has 0 unspecified atom stereocenters. The number of thiazole rings is 1. The van der Waals surface area contributed by atoms with Crippen molar-refractivity contribution in [1.29, 1.82) is 0 Å². The fourth-order valence-electron chi connectivity index (χ4n) is 2.31. The molecule has 0 spiro atoms. The van der Waals surface area contributed by atoms with Gasteiger partial charge >= 0.3 is 0 Å². The van der Waals surface area contributed by atoms with E-state index in [0.717, 1.165) is 36.6 Å². The van der Waals surface area contributed by atoms with Crippen molar-refractivity contribution in [3.8, 4) is 0 Å². The van der Waals surface area contributed by atoms with Gasteiger partial charge < -0.3 is 4.90 Å². The van der Waals surface area contributed by atoms with E-state index < -0.39 is 0 Å². The molecule has 3 heterocycles. The van der Waals surface area contributed by atoms with E-state index in [9.17, 15) is 4.79 Å². The number of nitrogens with zero attached hydrogens (tertiary/aromatic N) is 3. The van der Waals surface area contributed by atoms with Crippen molar-refractivity contribution in [2.45, 2.75) is 25.7 Å². The van der Waals surface area contributed by atoms with Gasteiger partial charge in [0.2, 0.25) is 5.91 Å². The topological polar surface area (TPSA) is 37.6 Å². The summed E-state index contributed by atoms with van der Waals surface area (Å²) in [5, 5.41) is 2.03. The highest BCUT2D eigenvalue weighted by atomic mass is 32.1. The molecular formula is C12H15N3OS. The minimum atomic E-state index is 0.248. The average molecular weight is 249 g/mol. The standard InChI is InChI=1S/C12H15N3OS/c16-11(14-5-2-1-3-6-14)8-10-9-17-12-13-4-7-15(10)12/h4,7,9H,1-3,5-6,8H2. The molecule has 0 aliphatic carbocycles. The third kappa shape index (κ3) is 2.07. The molecule has 0 radical (unpaired) electrons. The SMILES string of the molecule is O=C(Cc1csc2nccn12)N1CCCCC1. The first kappa shape index (κ1) is 10.8.